The van der Waals surface area contributed by atoms with Crippen molar-refractivity contribution in [2.45, 2.75) is 38.4 Å². The molecule has 0 spiro atoms. The molecule has 7 nitrogen and oxygen atoms in total. The van der Waals surface area contributed by atoms with Crippen molar-refractivity contribution in [1.82, 2.24) is 25.1 Å². The fraction of sp³-hybridized carbons (Fsp3) is 0.400. The number of anilines is 1. The maximum atomic E-state index is 12.4. The molecule has 3 rings (SSSR count). The van der Waals surface area contributed by atoms with Gasteiger partial charge in [-0.05, 0) is 40.9 Å². The van der Waals surface area contributed by atoms with Crippen molar-refractivity contribution >= 4 is 50.5 Å². The molecule has 9 heteroatoms. The molecule has 0 saturated carbocycles. The number of aromatic nitrogens is 4. The third-order valence-electron chi connectivity index (χ3n) is 4.18. The molecule has 0 radical (unpaired) electrons. The lowest BCUT2D eigenvalue weighted by molar-refractivity contribution is 0.0951. The number of carbonyl (C=O) groups is 1. The van der Waals surface area contributed by atoms with E-state index in [4.69, 9.17) is 4.98 Å². The van der Waals surface area contributed by atoms with Gasteiger partial charge in [0.05, 0.1) is 23.7 Å². The number of halogens is 1. The number of benzene rings is 1. The number of nitrogens with one attached hydrogen (secondary N) is 2. The topological polar surface area (TPSA) is 84.7 Å². The van der Waals surface area contributed by atoms with Crippen LogP contribution in [0.2, 0.25) is 0 Å². The molecule has 0 atom stereocenters. The number of hydrogen-bond donors (Lipinski definition) is 2. The van der Waals surface area contributed by atoms with Gasteiger partial charge in [0.15, 0.2) is 10.8 Å². The summed E-state index contributed by atoms with van der Waals surface area (Å²) >= 11 is 5.06. The first-order chi connectivity index (χ1) is 14.1. The number of carbonyl (C=O) groups excluding carboxylic acids is 1. The number of rotatable bonds is 10. The Kier molecular flexibility index (Phi) is 7.88. The van der Waals surface area contributed by atoms with Crippen molar-refractivity contribution in [2.75, 3.05) is 24.2 Å². The van der Waals surface area contributed by atoms with Crippen LogP contribution in [0.5, 0.6) is 0 Å². The van der Waals surface area contributed by atoms with E-state index in [1.807, 2.05) is 22.9 Å². The van der Waals surface area contributed by atoms with Crippen molar-refractivity contribution in [3.05, 3.63) is 40.5 Å². The first-order valence-corrected chi connectivity index (χ1v) is 11.5. The second kappa shape index (κ2) is 10.6. The fourth-order valence-corrected chi connectivity index (χ4v) is 3.91. The minimum Gasteiger partial charge on any atom is -0.369 e. The van der Waals surface area contributed by atoms with Crippen LogP contribution in [0.4, 0.5) is 5.82 Å². The van der Waals surface area contributed by atoms with Gasteiger partial charge < -0.3 is 10.6 Å². The van der Waals surface area contributed by atoms with Crippen molar-refractivity contribution in [3.8, 4) is 0 Å². The van der Waals surface area contributed by atoms with E-state index in [1.54, 1.807) is 24.0 Å². The standard InChI is InChI=1S/C20H25BrN6OS/c1-3-9-22-17-15-13-24-27(18(15)26-20(25-17)29-12-4-2)11-10-23-19(28)14-7-5-6-8-16(14)21/h5-8,13H,3-4,9-12H2,1-2H3,(H,23,28)(H,22,25,26). The van der Waals surface area contributed by atoms with Gasteiger partial charge in [-0.15, -0.1) is 0 Å². The Morgan fingerprint density at radius 3 is 2.76 bits per heavy atom. The van der Waals surface area contributed by atoms with Gasteiger partial charge in [-0.25, -0.2) is 14.6 Å². The van der Waals surface area contributed by atoms with Gasteiger partial charge in [0.2, 0.25) is 0 Å². The Bertz CT molecular complexity index is 977. The minimum atomic E-state index is -0.118. The zero-order chi connectivity index (χ0) is 20.6. The molecule has 0 aliphatic rings. The molecule has 29 heavy (non-hydrogen) atoms. The molecule has 0 unspecified atom stereocenters. The summed E-state index contributed by atoms with van der Waals surface area (Å²) in [5, 5.41) is 12.4. The summed E-state index contributed by atoms with van der Waals surface area (Å²) in [5.41, 5.74) is 1.40. The third kappa shape index (κ3) is 5.48. The van der Waals surface area contributed by atoms with E-state index < -0.39 is 0 Å². The molecule has 0 saturated heterocycles. The lowest BCUT2D eigenvalue weighted by Crippen LogP contribution is -2.27. The number of thioether (sulfide) groups is 1. The van der Waals surface area contributed by atoms with E-state index in [0.717, 1.165) is 51.6 Å². The van der Waals surface area contributed by atoms with Crippen LogP contribution in [-0.4, -0.2) is 44.5 Å². The number of amides is 1. The summed E-state index contributed by atoms with van der Waals surface area (Å²) in [6.45, 7) is 6.09. The van der Waals surface area contributed by atoms with E-state index in [0.29, 0.717) is 18.7 Å². The number of hydrogen-bond acceptors (Lipinski definition) is 6. The summed E-state index contributed by atoms with van der Waals surface area (Å²) < 4.78 is 2.60. The molecular formula is C20H25BrN6OS. The summed E-state index contributed by atoms with van der Waals surface area (Å²) in [7, 11) is 0. The van der Waals surface area contributed by atoms with Crippen molar-refractivity contribution in [1.29, 1.82) is 0 Å². The zero-order valence-electron chi connectivity index (χ0n) is 16.6. The highest BCUT2D eigenvalue weighted by atomic mass is 79.9. The van der Waals surface area contributed by atoms with Gasteiger partial charge in [-0.3, -0.25) is 4.79 Å². The number of fused-ring (bicyclic) bond motifs is 1. The number of nitrogens with zero attached hydrogens (tertiary/aromatic N) is 4. The second-order valence-electron chi connectivity index (χ2n) is 6.47. The maximum Gasteiger partial charge on any atom is 0.252 e. The van der Waals surface area contributed by atoms with Crippen LogP contribution in [0.1, 0.15) is 37.0 Å². The first kappa shape index (κ1) is 21.6. The normalized spacial score (nSPS) is 11.0. The minimum absolute atomic E-state index is 0.118. The van der Waals surface area contributed by atoms with Crippen molar-refractivity contribution in [2.24, 2.45) is 0 Å². The molecule has 0 aliphatic carbocycles. The van der Waals surface area contributed by atoms with Crippen LogP contribution in [0.25, 0.3) is 11.0 Å². The molecule has 2 N–H and O–H groups in total. The van der Waals surface area contributed by atoms with Gasteiger partial charge in [0.25, 0.3) is 5.91 Å². The monoisotopic (exact) mass is 476 g/mol. The Balaban J connectivity index is 1.75. The largest absolute Gasteiger partial charge is 0.369 e. The smallest absolute Gasteiger partial charge is 0.252 e. The van der Waals surface area contributed by atoms with E-state index >= 15 is 0 Å². The zero-order valence-corrected chi connectivity index (χ0v) is 19.0. The maximum absolute atomic E-state index is 12.4. The molecule has 2 aromatic heterocycles. The van der Waals surface area contributed by atoms with E-state index in [-0.39, 0.29) is 5.91 Å². The molecular weight excluding hydrogens is 452 g/mol. The van der Waals surface area contributed by atoms with Gasteiger partial charge in [0, 0.05) is 23.3 Å². The van der Waals surface area contributed by atoms with Gasteiger partial charge in [-0.2, -0.15) is 5.10 Å². The Morgan fingerprint density at radius 1 is 1.17 bits per heavy atom. The fourth-order valence-electron chi connectivity index (χ4n) is 2.75. The van der Waals surface area contributed by atoms with Crippen LogP contribution in [0, 0.1) is 0 Å². The average Bonchev–Trinajstić information content (AvgIpc) is 3.13. The molecule has 1 amide bonds. The third-order valence-corrected chi connectivity index (χ3v) is 5.93. The van der Waals surface area contributed by atoms with Crippen LogP contribution in [0.3, 0.4) is 0 Å². The molecule has 154 valence electrons. The molecule has 1 aromatic carbocycles. The van der Waals surface area contributed by atoms with Crippen molar-refractivity contribution in [3.63, 3.8) is 0 Å². The molecule has 3 aromatic rings. The van der Waals surface area contributed by atoms with Crippen LogP contribution < -0.4 is 10.6 Å². The summed E-state index contributed by atoms with van der Waals surface area (Å²) in [6.07, 6.45) is 3.86. The van der Waals surface area contributed by atoms with E-state index in [1.165, 1.54) is 0 Å². The Hall–Kier alpha value is -2.13. The van der Waals surface area contributed by atoms with E-state index in [2.05, 4.69) is 50.5 Å². The summed E-state index contributed by atoms with van der Waals surface area (Å²) in [6, 6.07) is 7.37. The highest BCUT2D eigenvalue weighted by Crippen LogP contribution is 2.24. The Morgan fingerprint density at radius 2 is 2.00 bits per heavy atom. The summed E-state index contributed by atoms with van der Waals surface area (Å²) in [4.78, 5) is 21.8. The van der Waals surface area contributed by atoms with Crippen LogP contribution >= 0.6 is 27.7 Å². The first-order valence-electron chi connectivity index (χ1n) is 9.77. The van der Waals surface area contributed by atoms with Gasteiger partial charge >= 0.3 is 0 Å². The summed E-state index contributed by atoms with van der Waals surface area (Å²) in [5.74, 6) is 1.67. The molecule has 0 aliphatic heterocycles. The predicted octanol–water partition coefficient (Wildman–Crippen LogP) is 4.34. The quantitative estimate of drug-likeness (QED) is 0.334. The van der Waals surface area contributed by atoms with Gasteiger partial charge in [0.1, 0.15) is 5.82 Å². The predicted molar refractivity (Wildman–Crippen MR) is 122 cm³/mol. The Labute approximate surface area is 183 Å². The van der Waals surface area contributed by atoms with Crippen molar-refractivity contribution < 1.29 is 4.79 Å². The van der Waals surface area contributed by atoms with E-state index in [9.17, 15) is 4.79 Å². The molecule has 0 fully saturated rings. The second-order valence-corrected chi connectivity index (χ2v) is 8.39. The average molecular weight is 477 g/mol. The SMILES string of the molecule is CCCNc1nc(SCCC)nc2c1cnn2CCNC(=O)c1ccccc1Br. The molecule has 0 bridgehead atoms. The molecule has 2 heterocycles. The lowest BCUT2D eigenvalue weighted by atomic mass is 10.2. The highest BCUT2D eigenvalue weighted by molar-refractivity contribution is 9.10. The van der Waals surface area contributed by atoms with Crippen LogP contribution in [0.15, 0.2) is 40.1 Å². The van der Waals surface area contributed by atoms with Crippen LogP contribution in [-0.2, 0) is 6.54 Å². The lowest BCUT2D eigenvalue weighted by Gasteiger charge is -2.10. The van der Waals surface area contributed by atoms with Gasteiger partial charge in [-0.1, -0.05) is 37.7 Å². The highest BCUT2D eigenvalue weighted by Gasteiger charge is 2.14.